The summed E-state index contributed by atoms with van der Waals surface area (Å²) in [6, 6.07) is 16.7. The molecule has 2 aromatic carbocycles. The molecule has 2 aromatic heterocycles. The molecule has 0 aliphatic carbocycles. The van der Waals surface area contributed by atoms with Crippen LogP contribution < -0.4 is 10.9 Å². The maximum absolute atomic E-state index is 13.1. The number of fused-ring (bicyclic) bond motifs is 1. The molecule has 32 heavy (non-hydrogen) atoms. The molecule has 0 aliphatic rings. The third-order valence-corrected chi connectivity index (χ3v) is 7.18. The zero-order valence-corrected chi connectivity index (χ0v) is 20.0. The normalized spacial score (nSPS) is 11.1. The van der Waals surface area contributed by atoms with Crippen LogP contribution in [0.5, 0.6) is 0 Å². The Labute approximate surface area is 203 Å². The number of nitrogens with zero attached hydrogens (tertiary/aromatic N) is 2. The van der Waals surface area contributed by atoms with E-state index in [0.29, 0.717) is 44.9 Å². The van der Waals surface area contributed by atoms with Crippen molar-refractivity contribution in [2.24, 2.45) is 0 Å². The van der Waals surface area contributed by atoms with Gasteiger partial charge in [-0.05, 0) is 53.3 Å². The summed E-state index contributed by atoms with van der Waals surface area (Å²) in [7, 11) is 0. The van der Waals surface area contributed by atoms with Gasteiger partial charge in [-0.1, -0.05) is 59.2 Å². The fourth-order valence-corrected chi connectivity index (χ4v) is 4.99. The van der Waals surface area contributed by atoms with Gasteiger partial charge in [-0.2, -0.15) is 0 Å². The van der Waals surface area contributed by atoms with E-state index < -0.39 is 0 Å². The Hall–Kier alpha value is -2.32. The molecule has 0 bridgehead atoms. The molecule has 0 unspecified atom stereocenters. The van der Waals surface area contributed by atoms with Gasteiger partial charge in [0.25, 0.3) is 5.56 Å². The second-order valence-corrected chi connectivity index (χ2v) is 9.79. The molecule has 2 heterocycles. The van der Waals surface area contributed by atoms with Gasteiger partial charge in [-0.15, -0.1) is 11.3 Å². The van der Waals surface area contributed by atoms with Gasteiger partial charge in [-0.3, -0.25) is 14.2 Å². The Morgan fingerprint density at radius 1 is 1.00 bits per heavy atom. The Bertz CT molecular complexity index is 1290. The zero-order valence-electron chi connectivity index (χ0n) is 16.9. The fourth-order valence-electron chi connectivity index (χ4n) is 3.11. The van der Waals surface area contributed by atoms with Crippen molar-refractivity contribution >= 4 is 62.4 Å². The first-order valence-electron chi connectivity index (χ1n) is 9.86. The molecular formula is C23H19Cl2N3O2S2. The summed E-state index contributed by atoms with van der Waals surface area (Å²) in [5, 5.41) is 6.61. The quantitative estimate of drug-likeness (QED) is 0.257. The average Bonchev–Trinajstić information content (AvgIpc) is 3.27. The van der Waals surface area contributed by atoms with Crippen LogP contribution in [0.15, 0.2) is 69.9 Å². The number of carbonyl (C=O) groups is 1. The molecule has 0 aliphatic heterocycles. The van der Waals surface area contributed by atoms with Crippen LogP contribution >= 0.6 is 46.3 Å². The monoisotopic (exact) mass is 503 g/mol. The minimum atomic E-state index is -0.131. The summed E-state index contributed by atoms with van der Waals surface area (Å²) in [5.41, 5.74) is 2.62. The number of thioether (sulfide) groups is 1. The lowest BCUT2D eigenvalue weighted by atomic mass is 10.1. The van der Waals surface area contributed by atoms with Crippen LogP contribution in [0.25, 0.3) is 10.2 Å². The van der Waals surface area contributed by atoms with Crippen molar-refractivity contribution in [3.05, 3.63) is 91.5 Å². The number of hydrogen-bond acceptors (Lipinski definition) is 5. The van der Waals surface area contributed by atoms with Crippen LogP contribution in [0.1, 0.15) is 11.1 Å². The van der Waals surface area contributed by atoms with Crippen LogP contribution in [0.2, 0.25) is 10.0 Å². The molecule has 4 aromatic rings. The SMILES string of the molecule is O=C(CSc1nc2ccsc2c(=O)n1CCc1ccc(Cl)cc1)NCc1ccc(Cl)cc1. The smallest absolute Gasteiger partial charge is 0.272 e. The number of halogens is 2. The Kier molecular flexibility index (Phi) is 7.52. The number of thiophene rings is 1. The molecule has 0 atom stereocenters. The molecule has 9 heteroatoms. The van der Waals surface area contributed by atoms with Crippen molar-refractivity contribution in [3.8, 4) is 0 Å². The predicted octanol–water partition coefficient (Wildman–Crippen LogP) is 5.42. The van der Waals surface area contributed by atoms with E-state index >= 15 is 0 Å². The summed E-state index contributed by atoms with van der Waals surface area (Å²) < 4.78 is 2.28. The van der Waals surface area contributed by atoms with Crippen LogP contribution in [0.3, 0.4) is 0 Å². The lowest BCUT2D eigenvalue weighted by Crippen LogP contribution is -2.27. The summed E-state index contributed by atoms with van der Waals surface area (Å²) >= 11 is 14.5. The second-order valence-electron chi connectivity index (χ2n) is 7.05. The predicted molar refractivity (Wildman–Crippen MR) is 133 cm³/mol. The summed E-state index contributed by atoms with van der Waals surface area (Å²) in [6.45, 7) is 0.882. The van der Waals surface area contributed by atoms with Crippen LogP contribution in [0.4, 0.5) is 0 Å². The zero-order chi connectivity index (χ0) is 22.5. The first-order valence-corrected chi connectivity index (χ1v) is 12.5. The Morgan fingerprint density at radius 3 is 2.34 bits per heavy atom. The van der Waals surface area contributed by atoms with Crippen molar-refractivity contribution in [1.29, 1.82) is 0 Å². The summed E-state index contributed by atoms with van der Waals surface area (Å²) in [4.78, 5) is 30.1. The topological polar surface area (TPSA) is 64.0 Å². The minimum absolute atomic E-state index is 0.0805. The largest absolute Gasteiger partial charge is 0.351 e. The maximum atomic E-state index is 13.1. The van der Waals surface area contributed by atoms with E-state index in [4.69, 9.17) is 23.2 Å². The molecule has 0 saturated carbocycles. The molecule has 0 spiro atoms. The maximum Gasteiger partial charge on any atom is 0.272 e. The Morgan fingerprint density at radius 2 is 1.66 bits per heavy atom. The lowest BCUT2D eigenvalue weighted by Gasteiger charge is -2.12. The van der Waals surface area contributed by atoms with E-state index in [0.717, 1.165) is 11.1 Å². The van der Waals surface area contributed by atoms with E-state index in [1.165, 1.54) is 23.1 Å². The highest BCUT2D eigenvalue weighted by molar-refractivity contribution is 7.99. The number of amides is 1. The molecule has 0 saturated heterocycles. The van der Waals surface area contributed by atoms with Gasteiger partial charge in [-0.25, -0.2) is 4.98 Å². The van der Waals surface area contributed by atoms with Gasteiger partial charge in [0.1, 0.15) is 4.70 Å². The van der Waals surface area contributed by atoms with Gasteiger partial charge in [0.15, 0.2) is 5.16 Å². The molecular weight excluding hydrogens is 485 g/mol. The third-order valence-electron chi connectivity index (χ3n) is 4.80. The number of aromatic nitrogens is 2. The number of benzene rings is 2. The van der Waals surface area contributed by atoms with Crippen LogP contribution in [-0.2, 0) is 24.3 Å². The highest BCUT2D eigenvalue weighted by atomic mass is 35.5. The average molecular weight is 504 g/mol. The minimum Gasteiger partial charge on any atom is -0.351 e. The van der Waals surface area contributed by atoms with Crippen LogP contribution in [0, 0.1) is 0 Å². The number of carbonyl (C=O) groups excluding carboxylic acids is 1. The third kappa shape index (κ3) is 5.72. The number of rotatable bonds is 8. The van der Waals surface area contributed by atoms with Crippen LogP contribution in [-0.4, -0.2) is 21.2 Å². The van der Waals surface area contributed by atoms with E-state index in [9.17, 15) is 9.59 Å². The molecule has 5 nitrogen and oxygen atoms in total. The molecule has 0 radical (unpaired) electrons. The number of nitrogens with one attached hydrogen (secondary N) is 1. The highest BCUT2D eigenvalue weighted by Crippen LogP contribution is 2.21. The van der Waals surface area contributed by atoms with Crippen molar-refractivity contribution in [1.82, 2.24) is 14.9 Å². The fraction of sp³-hybridized carbons (Fsp3) is 0.174. The van der Waals surface area contributed by atoms with Gasteiger partial charge in [0, 0.05) is 23.1 Å². The molecule has 164 valence electrons. The van der Waals surface area contributed by atoms with Crippen molar-refractivity contribution in [2.45, 2.75) is 24.7 Å². The van der Waals surface area contributed by atoms with E-state index in [1.54, 1.807) is 16.7 Å². The van der Waals surface area contributed by atoms with Crippen molar-refractivity contribution in [3.63, 3.8) is 0 Å². The van der Waals surface area contributed by atoms with Gasteiger partial charge < -0.3 is 5.32 Å². The van der Waals surface area contributed by atoms with Gasteiger partial charge in [0.2, 0.25) is 5.91 Å². The second kappa shape index (κ2) is 10.5. The molecule has 0 fully saturated rings. The summed E-state index contributed by atoms with van der Waals surface area (Å²) in [6.07, 6.45) is 0.659. The Balaban J connectivity index is 1.46. The number of hydrogen-bond donors (Lipinski definition) is 1. The molecule has 4 rings (SSSR count). The summed E-state index contributed by atoms with van der Waals surface area (Å²) in [5.74, 6) is 0.0326. The number of aryl methyl sites for hydroxylation is 1. The lowest BCUT2D eigenvalue weighted by molar-refractivity contribution is -0.118. The van der Waals surface area contributed by atoms with Crippen molar-refractivity contribution in [2.75, 3.05) is 5.75 Å². The molecule has 1 amide bonds. The van der Waals surface area contributed by atoms with Gasteiger partial charge >= 0.3 is 0 Å². The van der Waals surface area contributed by atoms with Crippen molar-refractivity contribution < 1.29 is 4.79 Å². The van der Waals surface area contributed by atoms with E-state index in [1.807, 2.05) is 47.8 Å². The van der Waals surface area contributed by atoms with E-state index in [2.05, 4.69) is 10.3 Å². The van der Waals surface area contributed by atoms with Gasteiger partial charge in [0.05, 0.1) is 11.3 Å². The first kappa shape index (κ1) is 22.9. The van der Waals surface area contributed by atoms with E-state index in [-0.39, 0.29) is 17.2 Å². The first-order chi connectivity index (χ1) is 15.5. The standard InChI is InChI=1S/C23H19Cl2N3O2S2/c24-17-5-1-15(2-6-17)9-11-28-22(30)21-19(10-12-31-21)27-23(28)32-14-20(29)26-13-16-3-7-18(25)8-4-16/h1-8,10,12H,9,11,13-14H2,(H,26,29). The highest BCUT2D eigenvalue weighted by Gasteiger charge is 2.14. The molecule has 1 N–H and O–H groups in total.